The number of pyridine rings is 1. The number of nitrogens with zero attached hydrogens (tertiary/aromatic N) is 1. The Balaban J connectivity index is 1.71. The molecule has 0 saturated heterocycles. The topological polar surface area (TPSA) is 80.3 Å². The van der Waals surface area contributed by atoms with Gasteiger partial charge in [0.1, 0.15) is 5.60 Å². The maximum atomic E-state index is 11.8. The van der Waals surface area contributed by atoms with E-state index in [4.69, 9.17) is 4.74 Å². The summed E-state index contributed by atoms with van der Waals surface area (Å²) in [6.07, 6.45) is 2.18. The summed E-state index contributed by atoms with van der Waals surface area (Å²) in [5.74, 6) is -0.107. The zero-order valence-corrected chi connectivity index (χ0v) is 15.0. The van der Waals surface area contributed by atoms with Gasteiger partial charge in [0.05, 0.1) is 5.52 Å². The molecule has 1 aromatic heterocycles. The van der Waals surface area contributed by atoms with Crippen LogP contribution in [0.5, 0.6) is 0 Å². The molecule has 2 N–H and O–H groups in total. The van der Waals surface area contributed by atoms with Gasteiger partial charge < -0.3 is 15.4 Å². The number of para-hydroxylation sites is 1. The van der Waals surface area contributed by atoms with Gasteiger partial charge in [0.15, 0.2) is 0 Å². The van der Waals surface area contributed by atoms with E-state index < -0.39 is 11.7 Å². The number of benzene rings is 1. The lowest BCUT2D eigenvalue weighted by Crippen LogP contribution is -2.35. The third-order valence-corrected chi connectivity index (χ3v) is 3.45. The maximum Gasteiger partial charge on any atom is 0.407 e. The maximum absolute atomic E-state index is 11.8. The van der Waals surface area contributed by atoms with Gasteiger partial charge in [-0.15, -0.1) is 0 Å². The van der Waals surface area contributed by atoms with E-state index in [-0.39, 0.29) is 18.9 Å². The Morgan fingerprint density at radius 1 is 1.08 bits per heavy atom. The predicted octanol–water partition coefficient (Wildman–Crippen LogP) is 2.81. The fraction of sp³-hybridized carbons (Fsp3) is 0.421. The molecule has 0 atom stereocenters. The Morgan fingerprint density at radius 3 is 2.60 bits per heavy atom. The number of rotatable bonds is 6. The number of ether oxygens (including phenoxy) is 1. The van der Waals surface area contributed by atoms with Crippen molar-refractivity contribution in [3.8, 4) is 0 Å². The highest BCUT2D eigenvalue weighted by Gasteiger charge is 2.15. The molecule has 0 saturated carbocycles. The van der Waals surface area contributed by atoms with Gasteiger partial charge in [0, 0.05) is 31.1 Å². The second kappa shape index (κ2) is 8.46. The van der Waals surface area contributed by atoms with Gasteiger partial charge in [0.2, 0.25) is 5.91 Å². The van der Waals surface area contributed by atoms with Gasteiger partial charge in [-0.25, -0.2) is 4.79 Å². The van der Waals surface area contributed by atoms with Crippen LogP contribution in [0.15, 0.2) is 36.5 Å². The van der Waals surface area contributed by atoms with E-state index in [9.17, 15) is 9.59 Å². The lowest BCUT2D eigenvalue weighted by atomic mass is 10.1. The molecule has 0 unspecified atom stereocenters. The Kier molecular flexibility index (Phi) is 6.33. The molecule has 25 heavy (non-hydrogen) atoms. The number of carbonyl (C=O) groups is 2. The molecule has 1 aromatic carbocycles. The molecule has 0 aliphatic rings. The van der Waals surface area contributed by atoms with Gasteiger partial charge in [-0.3, -0.25) is 9.78 Å². The molecule has 0 aliphatic heterocycles. The SMILES string of the molecule is CC(C)(C)OC(=O)NCCC(=O)NCCc1cccc2cccnc12. The standard InChI is InChI=1S/C19H25N3O3/c1-19(2,3)25-18(24)22-13-10-16(23)20-12-9-15-7-4-6-14-8-5-11-21-17(14)15/h4-8,11H,9-10,12-13H2,1-3H3,(H,20,23)(H,22,24). The van der Waals surface area contributed by atoms with Gasteiger partial charge in [-0.05, 0) is 38.8 Å². The van der Waals surface area contributed by atoms with Crippen LogP contribution in [0.1, 0.15) is 32.8 Å². The van der Waals surface area contributed by atoms with Crippen LogP contribution >= 0.6 is 0 Å². The average molecular weight is 343 g/mol. The van der Waals surface area contributed by atoms with Crippen molar-refractivity contribution in [2.24, 2.45) is 0 Å². The van der Waals surface area contributed by atoms with Crippen LogP contribution in [-0.4, -0.2) is 35.7 Å². The molecule has 0 spiro atoms. The second-order valence-electron chi connectivity index (χ2n) is 6.77. The summed E-state index contributed by atoms with van der Waals surface area (Å²) in [5.41, 5.74) is 1.52. The first-order chi connectivity index (χ1) is 11.8. The van der Waals surface area contributed by atoms with Gasteiger partial charge >= 0.3 is 6.09 Å². The summed E-state index contributed by atoms with van der Waals surface area (Å²) >= 11 is 0. The van der Waals surface area contributed by atoms with E-state index in [0.29, 0.717) is 13.0 Å². The number of hydrogen-bond donors (Lipinski definition) is 2. The van der Waals surface area contributed by atoms with Crippen molar-refractivity contribution < 1.29 is 14.3 Å². The molecule has 0 radical (unpaired) electrons. The minimum absolute atomic E-state index is 0.107. The molecule has 1 heterocycles. The molecule has 6 nitrogen and oxygen atoms in total. The Hall–Kier alpha value is -2.63. The zero-order chi connectivity index (χ0) is 18.3. The fourth-order valence-corrected chi connectivity index (χ4v) is 2.39. The van der Waals surface area contributed by atoms with Crippen LogP contribution in [0.3, 0.4) is 0 Å². The van der Waals surface area contributed by atoms with E-state index in [1.807, 2.05) is 30.3 Å². The Labute approximate surface area is 148 Å². The summed E-state index contributed by atoms with van der Waals surface area (Å²) in [4.78, 5) is 27.7. The van der Waals surface area contributed by atoms with Crippen molar-refractivity contribution in [1.82, 2.24) is 15.6 Å². The predicted molar refractivity (Wildman–Crippen MR) is 97.3 cm³/mol. The van der Waals surface area contributed by atoms with Crippen molar-refractivity contribution in [3.63, 3.8) is 0 Å². The van der Waals surface area contributed by atoms with Crippen LogP contribution in [0.2, 0.25) is 0 Å². The van der Waals surface area contributed by atoms with Crippen LogP contribution in [0, 0.1) is 0 Å². The first-order valence-electron chi connectivity index (χ1n) is 8.41. The third-order valence-electron chi connectivity index (χ3n) is 3.45. The zero-order valence-electron chi connectivity index (χ0n) is 15.0. The number of alkyl carbamates (subject to hydrolysis) is 1. The molecule has 2 amide bonds. The molecule has 2 rings (SSSR count). The number of amides is 2. The second-order valence-corrected chi connectivity index (χ2v) is 6.77. The minimum Gasteiger partial charge on any atom is -0.444 e. The normalized spacial score (nSPS) is 11.2. The van der Waals surface area contributed by atoms with E-state index in [2.05, 4.69) is 15.6 Å². The number of aromatic nitrogens is 1. The van der Waals surface area contributed by atoms with E-state index in [1.165, 1.54) is 0 Å². The Morgan fingerprint density at radius 2 is 1.84 bits per heavy atom. The van der Waals surface area contributed by atoms with Crippen molar-refractivity contribution in [3.05, 3.63) is 42.1 Å². The number of fused-ring (bicyclic) bond motifs is 1. The summed E-state index contributed by atoms with van der Waals surface area (Å²) in [6, 6.07) is 9.96. The summed E-state index contributed by atoms with van der Waals surface area (Å²) < 4.78 is 5.11. The van der Waals surface area contributed by atoms with Gasteiger partial charge in [-0.1, -0.05) is 24.3 Å². The molecular formula is C19H25N3O3. The highest BCUT2D eigenvalue weighted by atomic mass is 16.6. The van der Waals surface area contributed by atoms with E-state index in [0.717, 1.165) is 16.5 Å². The average Bonchev–Trinajstić information content (AvgIpc) is 2.53. The van der Waals surface area contributed by atoms with E-state index >= 15 is 0 Å². The molecule has 6 heteroatoms. The summed E-state index contributed by atoms with van der Waals surface area (Å²) in [7, 11) is 0. The molecular weight excluding hydrogens is 318 g/mol. The lowest BCUT2D eigenvalue weighted by molar-refractivity contribution is -0.120. The third kappa shape index (κ3) is 6.41. The van der Waals surface area contributed by atoms with Crippen LogP contribution in [-0.2, 0) is 16.0 Å². The highest BCUT2D eigenvalue weighted by molar-refractivity contribution is 5.81. The van der Waals surface area contributed by atoms with E-state index in [1.54, 1.807) is 27.0 Å². The van der Waals surface area contributed by atoms with Crippen molar-refractivity contribution >= 4 is 22.9 Å². The fourth-order valence-electron chi connectivity index (χ4n) is 2.39. The van der Waals surface area contributed by atoms with Gasteiger partial charge in [-0.2, -0.15) is 0 Å². The van der Waals surface area contributed by atoms with Crippen LogP contribution < -0.4 is 10.6 Å². The minimum atomic E-state index is -0.543. The first-order valence-corrected chi connectivity index (χ1v) is 8.41. The molecule has 2 aromatic rings. The molecule has 134 valence electrons. The number of carbonyl (C=O) groups excluding carboxylic acids is 2. The van der Waals surface area contributed by atoms with Crippen molar-refractivity contribution in [1.29, 1.82) is 0 Å². The van der Waals surface area contributed by atoms with Gasteiger partial charge in [0.25, 0.3) is 0 Å². The Bertz CT molecular complexity index is 733. The summed E-state index contributed by atoms with van der Waals surface area (Å²) in [5, 5.41) is 6.52. The molecule has 0 aliphatic carbocycles. The summed E-state index contributed by atoms with van der Waals surface area (Å²) in [6.45, 7) is 6.15. The lowest BCUT2D eigenvalue weighted by Gasteiger charge is -2.19. The number of hydrogen-bond acceptors (Lipinski definition) is 4. The van der Waals surface area contributed by atoms with Crippen molar-refractivity contribution in [2.75, 3.05) is 13.1 Å². The molecule has 0 bridgehead atoms. The number of nitrogens with one attached hydrogen (secondary N) is 2. The van der Waals surface area contributed by atoms with Crippen LogP contribution in [0.4, 0.5) is 4.79 Å². The first kappa shape index (κ1) is 18.7. The van der Waals surface area contributed by atoms with Crippen LogP contribution in [0.25, 0.3) is 10.9 Å². The monoisotopic (exact) mass is 343 g/mol. The smallest absolute Gasteiger partial charge is 0.407 e. The molecule has 0 fully saturated rings. The quantitative estimate of drug-likeness (QED) is 0.845. The largest absolute Gasteiger partial charge is 0.444 e. The van der Waals surface area contributed by atoms with Crippen molar-refractivity contribution in [2.45, 2.75) is 39.2 Å². The highest BCUT2D eigenvalue weighted by Crippen LogP contribution is 2.15.